The van der Waals surface area contributed by atoms with Crippen LogP contribution in [-0.4, -0.2) is 5.84 Å². The molecule has 0 aromatic heterocycles. The Labute approximate surface area is 169 Å². The summed E-state index contributed by atoms with van der Waals surface area (Å²) in [5.74, 6) is 0.432. The lowest BCUT2D eigenvalue weighted by Crippen LogP contribution is -2.42. The smallest absolute Gasteiger partial charge is 0.127 e. The second kappa shape index (κ2) is 9.70. The molecule has 0 saturated heterocycles. The van der Waals surface area contributed by atoms with Crippen molar-refractivity contribution >= 4 is 5.84 Å². The van der Waals surface area contributed by atoms with Gasteiger partial charge < -0.3 is 5.32 Å². The minimum Gasteiger partial charge on any atom is -0.353 e. The molecule has 0 amide bonds. The maximum absolute atomic E-state index is 8.61. The number of rotatable bonds is 7. The van der Waals surface area contributed by atoms with Crippen molar-refractivity contribution in [1.82, 2.24) is 5.32 Å². The normalized spacial score (nSPS) is 20.1. The van der Waals surface area contributed by atoms with Crippen LogP contribution in [0, 0.1) is 5.41 Å². The molecule has 2 heteroatoms. The van der Waals surface area contributed by atoms with E-state index in [1.807, 2.05) is 56.4 Å². The third-order valence-corrected chi connectivity index (χ3v) is 4.60. The van der Waals surface area contributed by atoms with Gasteiger partial charge in [-0.15, -0.1) is 0 Å². The molecule has 2 N–H and O–H groups in total. The molecule has 1 aliphatic rings. The van der Waals surface area contributed by atoms with E-state index in [9.17, 15) is 0 Å². The number of nitrogens with one attached hydrogen (secondary N) is 2. The van der Waals surface area contributed by atoms with Crippen molar-refractivity contribution in [3.8, 4) is 0 Å². The first-order valence-corrected chi connectivity index (χ1v) is 9.58. The summed E-state index contributed by atoms with van der Waals surface area (Å²) in [6.45, 7) is 12.0. The molecule has 144 valence electrons. The summed E-state index contributed by atoms with van der Waals surface area (Å²) in [6.07, 6.45) is 20.4. The van der Waals surface area contributed by atoms with E-state index in [-0.39, 0.29) is 0 Å². The summed E-state index contributed by atoms with van der Waals surface area (Å²) in [7, 11) is 0. The average Bonchev–Trinajstić information content (AvgIpc) is 2.99. The average molecular weight is 371 g/mol. The summed E-state index contributed by atoms with van der Waals surface area (Å²) in [6, 6.07) is 8.13. The van der Waals surface area contributed by atoms with Crippen LogP contribution < -0.4 is 5.32 Å². The monoisotopic (exact) mass is 370 g/mol. The first-order chi connectivity index (χ1) is 13.5. The van der Waals surface area contributed by atoms with Crippen LogP contribution >= 0.6 is 0 Å². The standard InChI is InChI=1S/C26H30N2/c1-6-9-14-21(13-8-3)26(22(15-10-7-2)19-18-20(4)5)24-17-12-11-16-23(24)25(27)28-26/h6-19H,2H2,1,3-5H3,(H2,27,28)/b9-6-,13-8-,15-10-,21-14+,22-19+/t26-/m1/s1. The van der Waals surface area contributed by atoms with Gasteiger partial charge in [0.25, 0.3) is 0 Å². The van der Waals surface area contributed by atoms with Gasteiger partial charge in [-0.1, -0.05) is 97.2 Å². The van der Waals surface area contributed by atoms with Crippen LogP contribution in [0.15, 0.2) is 108 Å². The molecule has 2 nitrogen and oxygen atoms in total. The van der Waals surface area contributed by atoms with Crippen molar-refractivity contribution in [2.75, 3.05) is 0 Å². The number of allylic oxidation sites excluding steroid dienone is 9. The fourth-order valence-electron chi connectivity index (χ4n) is 3.39. The quantitative estimate of drug-likeness (QED) is 0.526. The zero-order chi connectivity index (χ0) is 20.6. The SMILES string of the molecule is C=C/C=C\C(=C/C=C(C)C)[C@@]1(C(/C=C\C)=C/C=C\C)NC(=N)c2ccccc21. The van der Waals surface area contributed by atoms with Gasteiger partial charge in [0.05, 0.1) is 0 Å². The predicted molar refractivity (Wildman–Crippen MR) is 123 cm³/mol. The maximum atomic E-state index is 8.61. The summed E-state index contributed by atoms with van der Waals surface area (Å²) in [5, 5.41) is 12.1. The van der Waals surface area contributed by atoms with Gasteiger partial charge in [-0.3, -0.25) is 5.41 Å². The second-order valence-electron chi connectivity index (χ2n) is 6.90. The highest BCUT2D eigenvalue weighted by molar-refractivity contribution is 6.03. The van der Waals surface area contributed by atoms with Gasteiger partial charge in [0, 0.05) is 5.56 Å². The van der Waals surface area contributed by atoms with E-state index in [1.54, 1.807) is 6.08 Å². The molecule has 1 heterocycles. The molecule has 0 radical (unpaired) electrons. The van der Waals surface area contributed by atoms with Crippen LogP contribution in [0.1, 0.15) is 38.8 Å². The first kappa shape index (κ1) is 21.2. The third kappa shape index (κ3) is 4.23. The Morgan fingerprint density at radius 3 is 2.32 bits per heavy atom. The van der Waals surface area contributed by atoms with Crippen molar-refractivity contribution in [2.24, 2.45) is 0 Å². The van der Waals surface area contributed by atoms with Crippen molar-refractivity contribution in [3.63, 3.8) is 0 Å². The van der Waals surface area contributed by atoms with Gasteiger partial charge in [0.2, 0.25) is 0 Å². The Bertz CT molecular complexity index is 916. The summed E-state index contributed by atoms with van der Waals surface area (Å²) < 4.78 is 0. The molecule has 1 atom stereocenters. The van der Waals surface area contributed by atoms with Crippen LogP contribution in [0.3, 0.4) is 0 Å². The number of hydrogen-bond acceptors (Lipinski definition) is 1. The van der Waals surface area contributed by atoms with Gasteiger partial charge in [-0.25, -0.2) is 0 Å². The Hall–Kier alpha value is -3.13. The summed E-state index contributed by atoms with van der Waals surface area (Å²) in [5.41, 5.74) is 4.70. The highest BCUT2D eigenvalue weighted by Gasteiger charge is 2.45. The lowest BCUT2D eigenvalue weighted by Gasteiger charge is -2.34. The van der Waals surface area contributed by atoms with Crippen LogP contribution in [-0.2, 0) is 5.54 Å². The highest BCUT2D eigenvalue weighted by Crippen LogP contribution is 2.44. The molecule has 28 heavy (non-hydrogen) atoms. The summed E-state index contributed by atoms with van der Waals surface area (Å²) in [4.78, 5) is 0. The number of fused-ring (bicyclic) bond motifs is 1. The van der Waals surface area contributed by atoms with Gasteiger partial charge in [0.1, 0.15) is 11.4 Å². The Kier molecular flexibility index (Phi) is 7.34. The van der Waals surface area contributed by atoms with Crippen LogP contribution in [0.2, 0.25) is 0 Å². The van der Waals surface area contributed by atoms with Gasteiger partial charge in [-0.05, 0) is 44.4 Å². The Morgan fingerprint density at radius 1 is 0.964 bits per heavy atom. The fraction of sp³-hybridized carbons (Fsp3) is 0.192. The number of amidine groups is 1. The fourth-order valence-corrected chi connectivity index (χ4v) is 3.39. The van der Waals surface area contributed by atoms with Crippen LogP contribution in [0.5, 0.6) is 0 Å². The van der Waals surface area contributed by atoms with Crippen LogP contribution in [0.25, 0.3) is 0 Å². The van der Waals surface area contributed by atoms with E-state index in [1.165, 1.54) is 5.57 Å². The second-order valence-corrected chi connectivity index (χ2v) is 6.90. The minimum atomic E-state index is -0.648. The highest BCUT2D eigenvalue weighted by atomic mass is 15.1. The van der Waals surface area contributed by atoms with E-state index in [2.05, 4.69) is 62.2 Å². The van der Waals surface area contributed by atoms with E-state index in [4.69, 9.17) is 5.41 Å². The number of benzene rings is 1. The van der Waals surface area contributed by atoms with Gasteiger partial charge in [-0.2, -0.15) is 0 Å². The van der Waals surface area contributed by atoms with E-state index < -0.39 is 5.54 Å². The Morgan fingerprint density at radius 2 is 1.68 bits per heavy atom. The van der Waals surface area contributed by atoms with Crippen molar-refractivity contribution in [2.45, 2.75) is 33.2 Å². The Balaban J connectivity index is 2.93. The van der Waals surface area contributed by atoms with E-state index >= 15 is 0 Å². The molecule has 1 aromatic rings. The lowest BCUT2D eigenvalue weighted by atomic mass is 9.76. The minimum absolute atomic E-state index is 0.432. The zero-order valence-electron chi connectivity index (χ0n) is 17.3. The van der Waals surface area contributed by atoms with Crippen molar-refractivity contribution in [1.29, 1.82) is 5.41 Å². The van der Waals surface area contributed by atoms with E-state index in [0.29, 0.717) is 5.84 Å². The molecule has 0 unspecified atom stereocenters. The van der Waals surface area contributed by atoms with Crippen molar-refractivity contribution < 1.29 is 0 Å². The molecule has 1 aliphatic heterocycles. The topological polar surface area (TPSA) is 35.9 Å². The largest absolute Gasteiger partial charge is 0.353 e. The first-order valence-electron chi connectivity index (χ1n) is 9.58. The molecular formula is C26H30N2. The molecule has 1 aromatic carbocycles. The maximum Gasteiger partial charge on any atom is 0.127 e. The van der Waals surface area contributed by atoms with Gasteiger partial charge >= 0.3 is 0 Å². The van der Waals surface area contributed by atoms with Crippen LogP contribution in [0.4, 0.5) is 0 Å². The summed E-state index contributed by atoms with van der Waals surface area (Å²) >= 11 is 0. The molecule has 2 rings (SSSR count). The van der Waals surface area contributed by atoms with Crippen molar-refractivity contribution in [3.05, 3.63) is 119 Å². The molecule has 0 spiro atoms. The molecular weight excluding hydrogens is 340 g/mol. The molecule has 0 bridgehead atoms. The molecule has 0 aliphatic carbocycles. The van der Waals surface area contributed by atoms with E-state index in [0.717, 1.165) is 22.3 Å². The third-order valence-electron chi connectivity index (χ3n) is 4.60. The predicted octanol–water partition coefficient (Wildman–Crippen LogP) is 6.52. The zero-order valence-corrected chi connectivity index (χ0v) is 17.3. The number of hydrogen-bond donors (Lipinski definition) is 2. The molecule has 0 fully saturated rings. The van der Waals surface area contributed by atoms with Gasteiger partial charge in [0.15, 0.2) is 0 Å². The lowest BCUT2D eigenvalue weighted by molar-refractivity contribution is 0.593. The molecule has 0 saturated carbocycles.